The quantitative estimate of drug-likeness (QED) is 0.593. The minimum absolute atomic E-state index is 0.281. The summed E-state index contributed by atoms with van der Waals surface area (Å²) >= 11 is 0. The van der Waals surface area contributed by atoms with E-state index < -0.39 is 6.04 Å². The molecule has 4 rings (SSSR count). The molecule has 0 radical (unpaired) electrons. The number of carbonyl (C=O) groups is 1. The molecule has 1 N–H and O–H groups in total. The number of imidazole rings is 1. The van der Waals surface area contributed by atoms with Crippen LogP contribution in [0.25, 0.3) is 10.8 Å². The summed E-state index contributed by atoms with van der Waals surface area (Å²) in [6.45, 7) is 0. The van der Waals surface area contributed by atoms with Crippen molar-refractivity contribution in [2.75, 3.05) is 0 Å². The van der Waals surface area contributed by atoms with Gasteiger partial charge in [0.1, 0.15) is 17.7 Å². The minimum atomic E-state index is -0.690. The number of amides is 1. The largest absolute Gasteiger partial charge is 0.338 e. The SMILES string of the molecule is Cn1ccnc1[C@@H](NC(=O)c1ccc2ccccc2c1)c1ccccc1F. The molecule has 1 atom stereocenters. The van der Waals surface area contributed by atoms with Gasteiger partial charge in [-0.15, -0.1) is 0 Å². The molecule has 1 aromatic heterocycles. The maximum absolute atomic E-state index is 14.4. The van der Waals surface area contributed by atoms with Gasteiger partial charge in [0.25, 0.3) is 5.91 Å². The van der Waals surface area contributed by atoms with Crippen molar-refractivity contribution >= 4 is 16.7 Å². The van der Waals surface area contributed by atoms with Crippen LogP contribution in [0, 0.1) is 5.82 Å². The second-order valence-corrected chi connectivity index (χ2v) is 6.39. The monoisotopic (exact) mass is 359 g/mol. The third-order valence-corrected chi connectivity index (χ3v) is 4.62. The minimum Gasteiger partial charge on any atom is -0.338 e. The van der Waals surface area contributed by atoms with Crippen LogP contribution < -0.4 is 5.32 Å². The van der Waals surface area contributed by atoms with Gasteiger partial charge in [0.15, 0.2) is 0 Å². The summed E-state index contributed by atoms with van der Waals surface area (Å²) in [5, 5.41) is 4.97. The lowest BCUT2D eigenvalue weighted by atomic mass is 10.0. The molecule has 0 aliphatic rings. The lowest BCUT2D eigenvalue weighted by Crippen LogP contribution is -2.31. The number of benzene rings is 3. The Morgan fingerprint density at radius 3 is 2.52 bits per heavy atom. The van der Waals surface area contributed by atoms with Crippen molar-refractivity contribution in [1.82, 2.24) is 14.9 Å². The van der Waals surface area contributed by atoms with E-state index >= 15 is 0 Å². The highest BCUT2D eigenvalue weighted by atomic mass is 19.1. The number of hydrogen-bond acceptors (Lipinski definition) is 2. The Hall–Kier alpha value is -3.47. The average Bonchev–Trinajstić information content (AvgIpc) is 3.12. The third kappa shape index (κ3) is 3.31. The van der Waals surface area contributed by atoms with Crippen molar-refractivity contribution in [3.63, 3.8) is 0 Å². The molecule has 0 unspecified atom stereocenters. The smallest absolute Gasteiger partial charge is 0.252 e. The Balaban J connectivity index is 1.71. The molecule has 0 fully saturated rings. The van der Waals surface area contributed by atoms with E-state index in [1.54, 1.807) is 41.2 Å². The molecule has 3 aromatic carbocycles. The number of aryl methyl sites for hydroxylation is 1. The molecule has 27 heavy (non-hydrogen) atoms. The number of fused-ring (bicyclic) bond motifs is 1. The highest BCUT2D eigenvalue weighted by Gasteiger charge is 2.24. The fourth-order valence-electron chi connectivity index (χ4n) is 3.19. The Bertz CT molecular complexity index is 1120. The van der Waals surface area contributed by atoms with E-state index in [-0.39, 0.29) is 11.7 Å². The molecular formula is C22H18FN3O. The van der Waals surface area contributed by atoms with Gasteiger partial charge in [0.2, 0.25) is 0 Å². The zero-order valence-electron chi connectivity index (χ0n) is 14.8. The average molecular weight is 359 g/mol. The van der Waals surface area contributed by atoms with Crippen molar-refractivity contribution in [2.24, 2.45) is 7.05 Å². The van der Waals surface area contributed by atoms with Gasteiger partial charge in [-0.05, 0) is 29.0 Å². The summed E-state index contributed by atoms with van der Waals surface area (Å²) in [4.78, 5) is 17.2. The molecule has 4 nitrogen and oxygen atoms in total. The molecule has 1 heterocycles. The second-order valence-electron chi connectivity index (χ2n) is 6.39. The Morgan fingerprint density at radius 1 is 1.04 bits per heavy atom. The number of nitrogens with one attached hydrogen (secondary N) is 1. The van der Waals surface area contributed by atoms with Gasteiger partial charge in [-0.3, -0.25) is 4.79 Å². The first-order chi connectivity index (χ1) is 13.1. The van der Waals surface area contributed by atoms with E-state index in [9.17, 15) is 9.18 Å². The number of nitrogens with zero attached hydrogens (tertiary/aromatic N) is 2. The number of halogens is 1. The second kappa shape index (κ2) is 7.03. The summed E-state index contributed by atoms with van der Waals surface area (Å²) in [7, 11) is 1.82. The van der Waals surface area contributed by atoms with Crippen LogP contribution in [0.15, 0.2) is 79.1 Å². The van der Waals surface area contributed by atoms with E-state index in [0.717, 1.165) is 10.8 Å². The maximum atomic E-state index is 14.4. The van der Waals surface area contributed by atoms with Crippen LogP contribution in [-0.2, 0) is 7.05 Å². The van der Waals surface area contributed by atoms with E-state index in [2.05, 4.69) is 10.3 Å². The molecule has 0 bridgehead atoms. The van der Waals surface area contributed by atoms with Crippen LogP contribution in [0.4, 0.5) is 4.39 Å². The first-order valence-electron chi connectivity index (χ1n) is 8.65. The lowest BCUT2D eigenvalue weighted by molar-refractivity contribution is 0.0941. The number of aromatic nitrogens is 2. The Morgan fingerprint density at radius 2 is 1.78 bits per heavy atom. The predicted octanol–water partition coefficient (Wildman–Crippen LogP) is 4.23. The van der Waals surface area contributed by atoms with Crippen molar-refractivity contribution in [3.05, 3.63) is 102 Å². The van der Waals surface area contributed by atoms with Crippen LogP contribution in [0.3, 0.4) is 0 Å². The number of carbonyl (C=O) groups excluding carboxylic acids is 1. The van der Waals surface area contributed by atoms with Crippen LogP contribution in [-0.4, -0.2) is 15.5 Å². The first kappa shape index (κ1) is 17.0. The molecule has 0 spiro atoms. The highest BCUT2D eigenvalue weighted by molar-refractivity contribution is 5.98. The van der Waals surface area contributed by atoms with Crippen molar-refractivity contribution in [3.8, 4) is 0 Å². The van der Waals surface area contributed by atoms with Gasteiger partial charge in [0.05, 0.1) is 0 Å². The molecular weight excluding hydrogens is 341 g/mol. The fraction of sp³-hybridized carbons (Fsp3) is 0.0909. The van der Waals surface area contributed by atoms with E-state index in [0.29, 0.717) is 17.0 Å². The van der Waals surface area contributed by atoms with E-state index in [1.165, 1.54) is 6.07 Å². The summed E-state index contributed by atoms with van der Waals surface area (Å²) in [6.07, 6.45) is 3.40. The van der Waals surface area contributed by atoms with Gasteiger partial charge >= 0.3 is 0 Å². The molecule has 0 aliphatic heterocycles. The summed E-state index contributed by atoms with van der Waals surface area (Å²) in [6, 6.07) is 19.1. The first-order valence-corrected chi connectivity index (χ1v) is 8.65. The Kier molecular flexibility index (Phi) is 4.42. The van der Waals surface area contributed by atoms with E-state index in [1.807, 2.05) is 43.4 Å². The molecule has 0 aliphatic carbocycles. The van der Waals surface area contributed by atoms with Crippen molar-refractivity contribution in [2.45, 2.75) is 6.04 Å². The summed E-state index contributed by atoms with van der Waals surface area (Å²) in [5.41, 5.74) is 0.894. The molecule has 0 saturated carbocycles. The molecule has 0 saturated heterocycles. The van der Waals surface area contributed by atoms with Crippen LogP contribution in [0.2, 0.25) is 0 Å². The van der Waals surface area contributed by atoms with Gasteiger partial charge in [-0.25, -0.2) is 9.37 Å². The topological polar surface area (TPSA) is 46.9 Å². The van der Waals surface area contributed by atoms with Gasteiger partial charge in [0, 0.05) is 30.6 Å². The molecule has 134 valence electrons. The summed E-state index contributed by atoms with van der Waals surface area (Å²) < 4.78 is 16.2. The third-order valence-electron chi connectivity index (χ3n) is 4.62. The van der Waals surface area contributed by atoms with Crippen LogP contribution in [0.1, 0.15) is 27.8 Å². The standard InChI is InChI=1S/C22H18FN3O/c1-26-13-12-24-21(26)20(18-8-4-5-9-19(18)23)25-22(27)17-11-10-15-6-2-3-7-16(15)14-17/h2-14,20H,1H3,(H,25,27)/t20-/m0/s1. The van der Waals surface area contributed by atoms with Crippen molar-refractivity contribution < 1.29 is 9.18 Å². The van der Waals surface area contributed by atoms with Gasteiger partial charge in [-0.1, -0.05) is 48.5 Å². The van der Waals surface area contributed by atoms with E-state index in [4.69, 9.17) is 0 Å². The van der Waals surface area contributed by atoms with Crippen LogP contribution >= 0.6 is 0 Å². The van der Waals surface area contributed by atoms with Gasteiger partial charge < -0.3 is 9.88 Å². The fourth-order valence-corrected chi connectivity index (χ4v) is 3.19. The molecule has 1 amide bonds. The van der Waals surface area contributed by atoms with Crippen molar-refractivity contribution in [1.29, 1.82) is 0 Å². The zero-order chi connectivity index (χ0) is 18.8. The maximum Gasteiger partial charge on any atom is 0.252 e. The predicted molar refractivity (Wildman–Crippen MR) is 103 cm³/mol. The van der Waals surface area contributed by atoms with Gasteiger partial charge in [-0.2, -0.15) is 0 Å². The number of hydrogen-bond donors (Lipinski definition) is 1. The molecule has 5 heteroatoms. The lowest BCUT2D eigenvalue weighted by Gasteiger charge is -2.20. The summed E-state index contributed by atoms with van der Waals surface area (Å²) in [5.74, 6) is -0.101. The highest BCUT2D eigenvalue weighted by Crippen LogP contribution is 2.24. The normalized spacial score (nSPS) is 12.1. The zero-order valence-corrected chi connectivity index (χ0v) is 14.8. The van der Waals surface area contributed by atoms with Crippen LogP contribution in [0.5, 0.6) is 0 Å². The molecule has 4 aromatic rings. The number of rotatable bonds is 4. The Labute approximate surface area is 156 Å².